The Kier molecular flexibility index (Phi) is 5.23. The Hall–Kier alpha value is -2.00. The van der Waals surface area contributed by atoms with Crippen LogP contribution in [0.25, 0.3) is 0 Å². The second-order valence-corrected chi connectivity index (χ2v) is 5.28. The second kappa shape index (κ2) is 7.14. The third-order valence-corrected chi connectivity index (χ3v) is 3.57. The molecule has 0 aromatic heterocycles. The van der Waals surface area contributed by atoms with Crippen LogP contribution in [0, 0.1) is 13.8 Å². The molecule has 0 saturated heterocycles. The van der Waals surface area contributed by atoms with Gasteiger partial charge >= 0.3 is 0 Å². The highest BCUT2D eigenvalue weighted by molar-refractivity contribution is 6.31. The van der Waals surface area contributed by atoms with Gasteiger partial charge in [-0.3, -0.25) is 4.79 Å². The van der Waals surface area contributed by atoms with Gasteiger partial charge in [-0.05, 0) is 43.7 Å². The Morgan fingerprint density at radius 2 is 1.86 bits per heavy atom. The molecule has 2 rings (SSSR count). The van der Waals surface area contributed by atoms with Crippen molar-refractivity contribution in [3.05, 3.63) is 58.6 Å². The van der Waals surface area contributed by atoms with E-state index in [0.717, 1.165) is 17.0 Å². The lowest BCUT2D eigenvalue weighted by Gasteiger charge is -2.10. The van der Waals surface area contributed by atoms with Gasteiger partial charge in [0, 0.05) is 10.7 Å². The monoisotopic (exact) mass is 303 g/mol. The van der Waals surface area contributed by atoms with Crippen LogP contribution in [0.2, 0.25) is 5.02 Å². The van der Waals surface area contributed by atoms with E-state index in [2.05, 4.69) is 5.32 Å². The van der Waals surface area contributed by atoms with Gasteiger partial charge in [0.25, 0.3) is 0 Å². The molecule has 0 radical (unpaired) electrons. The molecular weight excluding hydrogens is 286 g/mol. The molecule has 110 valence electrons. The average Bonchev–Trinajstić information content (AvgIpc) is 2.46. The number of hydrogen-bond donors (Lipinski definition) is 1. The molecule has 3 nitrogen and oxygen atoms in total. The van der Waals surface area contributed by atoms with Crippen molar-refractivity contribution in [1.82, 2.24) is 0 Å². The Morgan fingerprint density at radius 3 is 2.57 bits per heavy atom. The van der Waals surface area contributed by atoms with Crippen molar-refractivity contribution in [2.24, 2.45) is 0 Å². The van der Waals surface area contributed by atoms with Crippen LogP contribution in [-0.2, 0) is 4.79 Å². The summed E-state index contributed by atoms with van der Waals surface area (Å²) in [5, 5.41) is 3.49. The summed E-state index contributed by atoms with van der Waals surface area (Å²) in [6, 6.07) is 13.2. The molecule has 0 atom stereocenters. The molecule has 0 aliphatic carbocycles. The highest BCUT2D eigenvalue weighted by atomic mass is 35.5. The van der Waals surface area contributed by atoms with Crippen LogP contribution in [0.15, 0.2) is 42.5 Å². The van der Waals surface area contributed by atoms with Gasteiger partial charge in [0.1, 0.15) is 5.75 Å². The number of amides is 1. The summed E-state index contributed by atoms with van der Waals surface area (Å²) in [4.78, 5) is 11.9. The van der Waals surface area contributed by atoms with Crippen molar-refractivity contribution in [3.8, 4) is 5.75 Å². The molecule has 0 unspecified atom stereocenters. The number of aryl methyl sites for hydroxylation is 1. The fourth-order valence-electron chi connectivity index (χ4n) is 1.85. The molecule has 0 aliphatic rings. The molecule has 0 fully saturated rings. The van der Waals surface area contributed by atoms with Crippen LogP contribution in [0.4, 0.5) is 5.69 Å². The minimum atomic E-state index is -0.0903. The third-order valence-electron chi connectivity index (χ3n) is 3.16. The normalized spacial score (nSPS) is 10.2. The lowest BCUT2D eigenvalue weighted by Crippen LogP contribution is -2.15. The van der Waals surface area contributed by atoms with E-state index in [1.54, 1.807) is 6.07 Å². The predicted molar refractivity (Wildman–Crippen MR) is 86.1 cm³/mol. The maximum absolute atomic E-state index is 11.9. The summed E-state index contributed by atoms with van der Waals surface area (Å²) in [6.07, 6.45) is 0.291. The molecular formula is C17H18ClNO2. The fraction of sp³-hybridized carbons (Fsp3) is 0.235. The second-order valence-electron chi connectivity index (χ2n) is 4.87. The number of ether oxygens (including phenoxy) is 1. The maximum Gasteiger partial charge on any atom is 0.227 e. The SMILES string of the molecule is Cc1ccc(OCCC(=O)Nc2cccc(Cl)c2C)cc1. The summed E-state index contributed by atoms with van der Waals surface area (Å²) < 4.78 is 5.54. The highest BCUT2D eigenvalue weighted by Gasteiger charge is 2.07. The van der Waals surface area contributed by atoms with E-state index >= 15 is 0 Å². The number of halogens is 1. The Labute approximate surface area is 129 Å². The van der Waals surface area contributed by atoms with E-state index in [-0.39, 0.29) is 5.91 Å². The van der Waals surface area contributed by atoms with Crippen molar-refractivity contribution < 1.29 is 9.53 Å². The smallest absolute Gasteiger partial charge is 0.227 e. The molecule has 4 heteroatoms. The minimum Gasteiger partial charge on any atom is -0.493 e. The molecule has 1 amide bonds. The lowest BCUT2D eigenvalue weighted by molar-refractivity contribution is -0.116. The zero-order valence-corrected chi connectivity index (χ0v) is 12.9. The molecule has 0 spiro atoms. The van der Waals surface area contributed by atoms with E-state index in [1.807, 2.05) is 50.2 Å². The van der Waals surface area contributed by atoms with Gasteiger partial charge in [0.2, 0.25) is 5.91 Å². The average molecular weight is 304 g/mol. The van der Waals surface area contributed by atoms with E-state index < -0.39 is 0 Å². The summed E-state index contributed by atoms with van der Waals surface area (Å²) in [5.74, 6) is 0.680. The number of hydrogen-bond acceptors (Lipinski definition) is 2. The van der Waals surface area contributed by atoms with E-state index in [9.17, 15) is 4.79 Å². The van der Waals surface area contributed by atoms with Crippen molar-refractivity contribution in [1.29, 1.82) is 0 Å². The van der Waals surface area contributed by atoms with Gasteiger partial charge in [-0.1, -0.05) is 35.4 Å². The van der Waals surface area contributed by atoms with Gasteiger partial charge in [-0.25, -0.2) is 0 Å². The molecule has 0 aliphatic heterocycles. The topological polar surface area (TPSA) is 38.3 Å². The largest absolute Gasteiger partial charge is 0.493 e. The first-order valence-electron chi connectivity index (χ1n) is 6.80. The first-order valence-corrected chi connectivity index (χ1v) is 7.18. The number of carbonyl (C=O) groups is 1. The van der Waals surface area contributed by atoms with Crippen molar-refractivity contribution >= 4 is 23.2 Å². The molecule has 0 heterocycles. The third kappa shape index (κ3) is 4.50. The molecule has 21 heavy (non-hydrogen) atoms. The van der Waals surface area contributed by atoms with Crippen molar-refractivity contribution in [3.63, 3.8) is 0 Å². The quantitative estimate of drug-likeness (QED) is 0.891. The predicted octanol–water partition coefficient (Wildman–Crippen LogP) is 4.36. The van der Waals surface area contributed by atoms with Gasteiger partial charge in [-0.2, -0.15) is 0 Å². The molecule has 0 bridgehead atoms. The highest BCUT2D eigenvalue weighted by Crippen LogP contribution is 2.23. The standard InChI is InChI=1S/C17H18ClNO2/c1-12-6-8-14(9-7-12)21-11-10-17(20)19-16-5-3-4-15(18)13(16)2/h3-9H,10-11H2,1-2H3,(H,19,20). The van der Waals surface area contributed by atoms with Crippen LogP contribution in [0.1, 0.15) is 17.5 Å². The van der Waals surface area contributed by atoms with Crippen molar-refractivity contribution in [2.45, 2.75) is 20.3 Å². The van der Waals surface area contributed by atoms with E-state index in [1.165, 1.54) is 5.56 Å². The zero-order valence-electron chi connectivity index (χ0n) is 12.2. The number of anilines is 1. The number of carbonyl (C=O) groups excluding carboxylic acids is 1. The molecule has 1 N–H and O–H groups in total. The minimum absolute atomic E-state index is 0.0903. The van der Waals surface area contributed by atoms with Crippen LogP contribution in [0.3, 0.4) is 0 Å². The molecule has 2 aromatic carbocycles. The molecule has 0 saturated carbocycles. The fourth-order valence-corrected chi connectivity index (χ4v) is 2.03. The van der Waals surface area contributed by atoms with Gasteiger partial charge in [-0.15, -0.1) is 0 Å². The van der Waals surface area contributed by atoms with Gasteiger partial charge in [0.05, 0.1) is 13.0 Å². The van der Waals surface area contributed by atoms with Gasteiger partial charge < -0.3 is 10.1 Å². The number of benzene rings is 2. The Morgan fingerprint density at radius 1 is 1.14 bits per heavy atom. The van der Waals surface area contributed by atoms with Crippen molar-refractivity contribution in [2.75, 3.05) is 11.9 Å². The van der Waals surface area contributed by atoms with Crippen LogP contribution in [-0.4, -0.2) is 12.5 Å². The first kappa shape index (κ1) is 15.4. The van der Waals surface area contributed by atoms with Crippen LogP contribution in [0.5, 0.6) is 5.75 Å². The summed E-state index contributed by atoms with van der Waals surface area (Å²) >= 11 is 6.02. The zero-order chi connectivity index (χ0) is 15.2. The summed E-state index contributed by atoms with van der Waals surface area (Å²) in [6.45, 7) is 4.24. The van der Waals surface area contributed by atoms with E-state index in [4.69, 9.17) is 16.3 Å². The summed E-state index contributed by atoms with van der Waals surface area (Å²) in [5.41, 5.74) is 2.78. The van der Waals surface area contributed by atoms with E-state index in [0.29, 0.717) is 18.1 Å². The summed E-state index contributed by atoms with van der Waals surface area (Å²) in [7, 11) is 0. The van der Waals surface area contributed by atoms with Crippen LogP contribution >= 0.6 is 11.6 Å². The Balaban J connectivity index is 1.82. The van der Waals surface area contributed by atoms with Gasteiger partial charge in [0.15, 0.2) is 0 Å². The molecule has 2 aromatic rings. The number of nitrogens with one attached hydrogen (secondary N) is 1. The Bertz CT molecular complexity index is 623. The first-order chi connectivity index (χ1) is 10.1. The number of rotatable bonds is 5. The van der Waals surface area contributed by atoms with Crippen LogP contribution < -0.4 is 10.1 Å². The lowest BCUT2D eigenvalue weighted by atomic mass is 10.2. The maximum atomic E-state index is 11.9.